The van der Waals surface area contributed by atoms with Crippen LogP contribution in [0.1, 0.15) is 39.2 Å². The molecular weight excluding hydrogens is 407 g/mol. The van der Waals surface area contributed by atoms with E-state index in [0.717, 1.165) is 18.4 Å². The summed E-state index contributed by atoms with van der Waals surface area (Å²) < 4.78 is 0. The molecule has 0 radical (unpaired) electrons. The lowest BCUT2D eigenvalue weighted by atomic mass is 10.0. The zero-order valence-corrected chi connectivity index (χ0v) is 16.5. The molecule has 1 unspecified atom stereocenters. The molecule has 1 rings (SSSR count). The highest BCUT2D eigenvalue weighted by atomic mass is 127. The summed E-state index contributed by atoms with van der Waals surface area (Å²) in [6.07, 6.45) is 2.24. The minimum absolute atomic E-state index is 0. The third-order valence-electron chi connectivity index (χ3n) is 3.37. The van der Waals surface area contributed by atoms with Crippen molar-refractivity contribution in [2.24, 2.45) is 10.9 Å². The molecule has 130 valence electrons. The van der Waals surface area contributed by atoms with Crippen molar-refractivity contribution in [3.8, 4) is 0 Å². The van der Waals surface area contributed by atoms with Crippen LogP contribution in [0, 0.1) is 16.0 Å². The Kier molecular flexibility index (Phi) is 10.5. The number of halogens is 1. The Bertz CT molecular complexity index is 521. The molecule has 0 aliphatic rings. The van der Waals surface area contributed by atoms with Gasteiger partial charge in [-0.15, -0.1) is 24.0 Å². The van der Waals surface area contributed by atoms with Gasteiger partial charge in [-0.1, -0.05) is 26.0 Å². The number of nitro groups is 1. The van der Waals surface area contributed by atoms with Crippen LogP contribution in [0.15, 0.2) is 29.3 Å². The molecule has 23 heavy (non-hydrogen) atoms. The lowest BCUT2D eigenvalue weighted by Gasteiger charge is -2.18. The number of non-ortho nitro benzene ring substituents is 1. The van der Waals surface area contributed by atoms with Crippen LogP contribution in [0.3, 0.4) is 0 Å². The molecule has 0 aliphatic heterocycles. The van der Waals surface area contributed by atoms with Crippen molar-refractivity contribution in [1.82, 2.24) is 10.6 Å². The number of hydrogen-bond donors (Lipinski definition) is 2. The average Bonchev–Trinajstić information content (AvgIpc) is 2.49. The van der Waals surface area contributed by atoms with Crippen LogP contribution < -0.4 is 10.6 Å². The van der Waals surface area contributed by atoms with Gasteiger partial charge >= 0.3 is 0 Å². The largest absolute Gasteiger partial charge is 0.354 e. The van der Waals surface area contributed by atoms with Crippen molar-refractivity contribution in [2.45, 2.75) is 46.2 Å². The second-order valence-corrected chi connectivity index (χ2v) is 5.87. The second kappa shape index (κ2) is 11.2. The summed E-state index contributed by atoms with van der Waals surface area (Å²) in [6, 6.07) is 6.94. The Morgan fingerprint density at radius 1 is 1.30 bits per heavy atom. The minimum atomic E-state index is -0.384. The fourth-order valence-electron chi connectivity index (χ4n) is 2.05. The van der Waals surface area contributed by atoms with Crippen LogP contribution in [0.5, 0.6) is 0 Å². The highest BCUT2D eigenvalue weighted by Gasteiger charge is 2.08. The average molecular weight is 434 g/mol. The summed E-state index contributed by atoms with van der Waals surface area (Å²) in [6.45, 7) is 7.05. The number of rotatable bonds is 7. The van der Waals surface area contributed by atoms with Crippen molar-refractivity contribution >= 4 is 35.6 Å². The first kappa shape index (κ1) is 21.6. The van der Waals surface area contributed by atoms with E-state index >= 15 is 0 Å². The van der Waals surface area contributed by atoms with Crippen molar-refractivity contribution in [3.05, 3.63) is 39.9 Å². The van der Waals surface area contributed by atoms with E-state index in [1.54, 1.807) is 19.2 Å². The van der Waals surface area contributed by atoms with Crippen LogP contribution in [0.2, 0.25) is 0 Å². The predicted molar refractivity (Wildman–Crippen MR) is 105 cm³/mol. The van der Waals surface area contributed by atoms with Gasteiger partial charge in [-0.2, -0.15) is 0 Å². The zero-order chi connectivity index (χ0) is 16.5. The highest BCUT2D eigenvalue weighted by molar-refractivity contribution is 14.0. The molecule has 0 fully saturated rings. The normalized spacial score (nSPS) is 12.5. The molecule has 0 amide bonds. The van der Waals surface area contributed by atoms with Crippen LogP contribution >= 0.6 is 24.0 Å². The molecule has 6 nitrogen and oxygen atoms in total. The number of guanidine groups is 1. The number of aliphatic imine (C=N–C) groups is 1. The van der Waals surface area contributed by atoms with E-state index in [1.807, 2.05) is 6.07 Å². The van der Waals surface area contributed by atoms with Gasteiger partial charge in [-0.3, -0.25) is 15.1 Å². The second-order valence-electron chi connectivity index (χ2n) is 5.87. The van der Waals surface area contributed by atoms with Crippen molar-refractivity contribution in [1.29, 1.82) is 0 Å². The Hall–Kier alpha value is -1.38. The third-order valence-corrected chi connectivity index (χ3v) is 3.37. The van der Waals surface area contributed by atoms with E-state index < -0.39 is 0 Å². The summed E-state index contributed by atoms with van der Waals surface area (Å²) in [5, 5.41) is 17.3. The number of nitrogens with zero attached hydrogens (tertiary/aromatic N) is 2. The van der Waals surface area contributed by atoms with E-state index in [0.29, 0.717) is 24.5 Å². The Morgan fingerprint density at radius 3 is 2.57 bits per heavy atom. The van der Waals surface area contributed by atoms with Gasteiger partial charge < -0.3 is 10.6 Å². The van der Waals surface area contributed by atoms with Gasteiger partial charge in [-0.05, 0) is 31.2 Å². The topological polar surface area (TPSA) is 79.6 Å². The molecule has 2 N–H and O–H groups in total. The van der Waals surface area contributed by atoms with Crippen LogP contribution in [0.4, 0.5) is 5.69 Å². The maximum absolute atomic E-state index is 10.8. The quantitative estimate of drug-likeness (QED) is 0.226. The first-order valence-corrected chi connectivity index (χ1v) is 7.63. The molecular formula is C16H27IN4O2. The molecule has 0 heterocycles. The van der Waals surface area contributed by atoms with Gasteiger partial charge in [0.1, 0.15) is 0 Å². The van der Waals surface area contributed by atoms with E-state index in [-0.39, 0.29) is 34.6 Å². The standard InChI is InChI=1S/C16H26N4O2.HI/c1-12(2)8-9-13(3)19-16(17-4)18-11-14-6-5-7-15(10-14)20(21)22;/h5-7,10,12-13H,8-9,11H2,1-4H3,(H2,17,18,19);1H. The van der Waals surface area contributed by atoms with Crippen LogP contribution in [-0.2, 0) is 6.54 Å². The fraction of sp³-hybridized carbons (Fsp3) is 0.562. The maximum Gasteiger partial charge on any atom is 0.269 e. The summed E-state index contributed by atoms with van der Waals surface area (Å²) in [5.74, 6) is 1.40. The zero-order valence-electron chi connectivity index (χ0n) is 14.2. The summed E-state index contributed by atoms with van der Waals surface area (Å²) in [4.78, 5) is 14.6. The van der Waals surface area contributed by atoms with E-state index in [9.17, 15) is 10.1 Å². The lowest BCUT2D eigenvalue weighted by Crippen LogP contribution is -2.41. The maximum atomic E-state index is 10.8. The van der Waals surface area contributed by atoms with Crippen molar-refractivity contribution in [2.75, 3.05) is 7.05 Å². The third kappa shape index (κ3) is 8.73. The first-order valence-electron chi connectivity index (χ1n) is 7.63. The predicted octanol–water partition coefficient (Wildman–Crippen LogP) is 3.70. The smallest absolute Gasteiger partial charge is 0.269 e. The Morgan fingerprint density at radius 2 is 2.00 bits per heavy atom. The number of nitro benzene ring substituents is 1. The van der Waals surface area contributed by atoms with Crippen molar-refractivity contribution < 1.29 is 4.92 Å². The lowest BCUT2D eigenvalue weighted by molar-refractivity contribution is -0.384. The molecule has 1 atom stereocenters. The Labute approximate surface area is 155 Å². The van der Waals surface area contributed by atoms with Gasteiger partial charge in [-0.25, -0.2) is 0 Å². The molecule has 0 spiro atoms. The molecule has 1 aromatic carbocycles. The fourth-order valence-corrected chi connectivity index (χ4v) is 2.05. The number of hydrogen-bond acceptors (Lipinski definition) is 3. The molecule has 0 aliphatic carbocycles. The SMILES string of the molecule is CN=C(NCc1cccc([N+](=O)[O-])c1)NC(C)CCC(C)C.I. The monoisotopic (exact) mass is 434 g/mol. The number of nitrogens with one attached hydrogen (secondary N) is 2. The molecule has 0 bridgehead atoms. The Balaban J connectivity index is 0.00000484. The van der Waals surface area contributed by atoms with E-state index in [2.05, 4.69) is 36.4 Å². The van der Waals surface area contributed by atoms with Gasteiger partial charge in [0.2, 0.25) is 0 Å². The molecule has 0 saturated heterocycles. The first-order chi connectivity index (χ1) is 10.4. The number of benzene rings is 1. The molecule has 1 aromatic rings. The van der Waals surface area contributed by atoms with E-state index in [4.69, 9.17) is 0 Å². The summed E-state index contributed by atoms with van der Waals surface area (Å²) in [5.41, 5.74) is 0.958. The summed E-state index contributed by atoms with van der Waals surface area (Å²) >= 11 is 0. The van der Waals surface area contributed by atoms with Crippen molar-refractivity contribution in [3.63, 3.8) is 0 Å². The highest BCUT2D eigenvalue weighted by Crippen LogP contribution is 2.12. The van der Waals surface area contributed by atoms with E-state index in [1.165, 1.54) is 6.07 Å². The molecule has 0 aromatic heterocycles. The van der Waals surface area contributed by atoms with Gasteiger partial charge in [0, 0.05) is 31.8 Å². The van der Waals surface area contributed by atoms with Gasteiger partial charge in [0.05, 0.1) is 4.92 Å². The molecule has 7 heteroatoms. The van der Waals surface area contributed by atoms with Gasteiger partial charge in [0.15, 0.2) is 5.96 Å². The minimum Gasteiger partial charge on any atom is -0.354 e. The molecule has 0 saturated carbocycles. The van der Waals surface area contributed by atoms with Crippen LogP contribution in [0.25, 0.3) is 0 Å². The van der Waals surface area contributed by atoms with Crippen LogP contribution in [-0.4, -0.2) is 24.0 Å². The van der Waals surface area contributed by atoms with Gasteiger partial charge in [0.25, 0.3) is 5.69 Å². The summed E-state index contributed by atoms with van der Waals surface area (Å²) in [7, 11) is 1.72.